The minimum absolute atomic E-state index is 0.297. The Morgan fingerprint density at radius 2 is 2.00 bits per heavy atom. The van der Waals surface area contributed by atoms with Gasteiger partial charge in [-0.2, -0.15) is 11.8 Å². The Labute approximate surface area is 133 Å². The molecule has 2 rings (SSSR count). The third-order valence-electron chi connectivity index (χ3n) is 3.16. The van der Waals surface area contributed by atoms with E-state index >= 15 is 0 Å². The van der Waals surface area contributed by atoms with Crippen LogP contribution in [0.2, 0.25) is 0 Å². The van der Waals surface area contributed by atoms with Crippen LogP contribution in [0.25, 0.3) is 11.0 Å². The molecule has 21 heavy (non-hydrogen) atoms. The predicted octanol–water partition coefficient (Wildman–Crippen LogP) is 5.60. The second-order valence-corrected chi connectivity index (χ2v) is 6.19. The summed E-state index contributed by atoms with van der Waals surface area (Å²) >= 11 is 7.04. The number of hydrogen-bond donors (Lipinski definition) is 0. The Hall–Kier alpha value is -1.07. The fraction of sp³-hybridized carbons (Fsp3) is 0.438. The molecule has 0 aliphatic carbocycles. The van der Waals surface area contributed by atoms with Crippen molar-refractivity contribution in [2.75, 3.05) is 18.6 Å². The van der Waals surface area contributed by atoms with Crippen LogP contribution in [0.4, 0.5) is 4.39 Å². The molecule has 0 radical (unpaired) electrons. The number of rotatable bonds is 8. The van der Waals surface area contributed by atoms with Gasteiger partial charge in [0.15, 0.2) is 5.75 Å². The van der Waals surface area contributed by atoms with Crippen LogP contribution in [-0.4, -0.2) is 18.6 Å². The minimum atomic E-state index is -0.297. The van der Waals surface area contributed by atoms with E-state index in [2.05, 4.69) is 6.26 Å². The van der Waals surface area contributed by atoms with Gasteiger partial charge in [-0.25, -0.2) is 4.39 Å². The van der Waals surface area contributed by atoms with E-state index in [1.807, 2.05) is 11.8 Å². The molecule has 0 amide bonds. The van der Waals surface area contributed by atoms with Gasteiger partial charge in [-0.05, 0) is 61.3 Å². The van der Waals surface area contributed by atoms with Crippen molar-refractivity contribution in [2.45, 2.75) is 25.7 Å². The van der Waals surface area contributed by atoms with Crippen LogP contribution in [-0.2, 0) is 0 Å². The Kier molecular flexibility index (Phi) is 6.51. The first kappa shape index (κ1) is 16.3. The quantitative estimate of drug-likeness (QED) is 0.465. The molecule has 5 heteroatoms. The molecular weight excluding hydrogens is 307 g/mol. The summed E-state index contributed by atoms with van der Waals surface area (Å²) in [4.78, 5) is 0. The predicted molar refractivity (Wildman–Crippen MR) is 89.4 cm³/mol. The van der Waals surface area contributed by atoms with Crippen molar-refractivity contribution in [3.63, 3.8) is 0 Å². The second-order valence-electron chi connectivity index (χ2n) is 4.84. The normalized spacial score (nSPS) is 11.0. The first-order valence-electron chi connectivity index (χ1n) is 7.06. The van der Waals surface area contributed by atoms with Crippen LogP contribution in [0.15, 0.2) is 28.7 Å². The molecule has 0 saturated heterocycles. The van der Waals surface area contributed by atoms with Crippen molar-refractivity contribution >= 4 is 34.9 Å². The second kappa shape index (κ2) is 8.39. The lowest BCUT2D eigenvalue weighted by Gasteiger charge is -2.07. The molecule has 0 aliphatic heterocycles. The average Bonchev–Trinajstić information content (AvgIpc) is 2.47. The highest BCUT2D eigenvalue weighted by Crippen LogP contribution is 2.24. The summed E-state index contributed by atoms with van der Waals surface area (Å²) in [7, 11) is 0. The van der Waals surface area contributed by atoms with Gasteiger partial charge in [0.1, 0.15) is 11.4 Å². The van der Waals surface area contributed by atoms with Gasteiger partial charge in [-0.1, -0.05) is 12.8 Å². The van der Waals surface area contributed by atoms with Gasteiger partial charge in [-0.3, -0.25) is 0 Å². The Bertz CT molecular complexity index is 640. The lowest BCUT2D eigenvalue weighted by molar-refractivity contribution is 0.295. The van der Waals surface area contributed by atoms with E-state index < -0.39 is 0 Å². The zero-order valence-electron chi connectivity index (χ0n) is 12.1. The Morgan fingerprint density at radius 1 is 1.19 bits per heavy atom. The molecule has 1 aromatic carbocycles. The Morgan fingerprint density at radius 3 is 2.81 bits per heavy atom. The minimum Gasteiger partial charge on any atom is -0.489 e. The van der Waals surface area contributed by atoms with Crippen LogP contribution in [0.5, 0.6) is 5.75 Å². The molecule has 0 aliphatic rings. The highest BCUT2D eigenvalue weighted by atomic mass is 32.2. The number of hydrogen-bond acceptors (Lipinski definition) is 4. The van der Waals surface area contributed by atoms with E-state index in [0.29, 0.717) is 28.0 Å². The summed E-state index contributed by atoms with van der Waals surface area (Å²) in [6, 6.07) is 6.10. The van der Waals surface area contributed by atoms with E-state index in [1.54, 1.807) is 12.1 Å². The lowest BCUT2D eigenvalue weighted by Crippen LogP contribution is -1.98. The van der Waals surface area contributed by atoms with Gasteiger partial charge in [0, 0.05) is 5.39 Å². The first-order chi connectivity index (χ1) is 10.2. The van der Waals surface area contributed by atoms with Crippen LogP contribution >= 0.6 is 24.0 Å². The molecule has 0 unspecified atom stereocenters. The molecule has 0 N–H and O–H groups in total. The number of benzene rings is 1. The summed E-state index contributed by atoms with van der Waals surface area (Å²) in [5.74, 6) is 1.44. The van der Waals surface area contributed by atoms with Crippen LogP contribution in [0, 0.1) is 10.5 Å². The van der Waals surface area contributed by atoms with Gasteiger partial charge >= 0.3 is 0 Å². The van der Waals surface area contributed by atoms with Crippen molar-refractivity contribution in [1.29, 1.82) is 0 Å². The van der Waals surface area contributed by atoms with Crippen LogP contribution in [0.3, 0.4) is 0 Å². The van der Waals surface area contributed by atoms with Gasteiger partial charge in [0.25, 0.3) is 0 Å². The number of fused-ring (bicyclic) bond motifs is 1. The number of halogens is 1. The third kappa shape index (κ3) is 5.00. The fourth-order valence-electron chi connectivity index (χ4n) is 2.06. The van der Waals surface area contributed by atoms with E-state index in [-0.39, 0.29) is 5.82 Å². The van der Waals surface area contributed by atoms with Gasteiger partial charge in [0.05, 0.1) is 6.61 Å². The van der Waals surface area contributed by atoms with Crippen molar-refractivity contribution < 1.29 is 13.5 Å². The molecule has 0 saturated carbocycles. The molecule has 0 spiro atoms. The SMILES string of the molecule is CSCCCCCCOc1cc2cc(F)ccc2oc1=S. The topological polar surface area (TPSA) is 22.4 Å². The molecule has 1 heterocycles. The maximum absolute atomic E-state index is 13.2. The van der Waals surface area contributed by atoms with Gasteiger partial charge in [-0.15, -0.1) is 0 Å². The largest absolute Gasteiger partial charge is 0.489 e. The zero-order valence-corrected chi connectivity index (χ0v) is 13.7. The summed E-state index contributed by atoms with van der Waals surface area (Å²) in [5, 5.41) is 0.665. The summed E-state index contributed by atoms with van der Waals surface area (Å²) in [6.07, 6.45) is 6.73. The van der Waals surface area contributed by atoms with E-state index in [4.69, 9.17) is 21.4 Å². The fourth-order valence-corrected chi connectivity index (χ4v) is 2.76. The summed E-state index contributed by atoms with van der Waals surface area (Å²) in [5.41, 5.74) is 0.575. The van der Waals surface area contributed by atoms with Crippen molar-refractivity contribution in [2.24, 2.45) is 0 Å². The molecule has 114 valence electrons. The van der Waals surface area contributed by atoms with Crippen LogP contribution in [0.1, 0.15) is 25.7 Å². The molecule has 0 atom stereocenters. The number of unbranched alkanes of at least 4 members (excludes halogenated alkanes) is 3. The molecule has 1 aromatic heterocycles. The summed E-state index contributed by atoms with van der Waals surface area (Å²) < 4.78 is 24.7. The van der Waals surface area contributed by atoms with E-state index in [9.17, 15) is 4.39 Å². The molecule has 0 fully saturated rings. The number of ether oxygens (including phenoxy) is 1. The maximum atomic E-state index is 13.2. The van der Waals surface area contributed by atoms with Crippen molar-refractivity contribution in [1.82, 2.24) is 0 Å². The smallest absolute Gasteiger partial charge is 0.232 e. The maximum Gasteiger partial charge on any atom is 0.232 e. The number of thioether (sulfide) groups is 1. The molecular formula is C16H19FO2S2. The highest BCUT2D eigenvalue weighted by molar-refractivity contribution is 7.98. The molecule has 2 nitrogen and oxygen atoms in total. The third-order valence-corrected chi connectivity index (χ3v) is 4.14. The summed E-state index contributed by atoms with van der Waals surface area (Å²) in [6.45, 7) is 0.610. The first-order valence-corrected chi connectivity index (χ1v) is 8.86. The lowest BCUT2D eigenvalue weighted by atomic mass is 10.2. The average molecular weight is 326 g/mol. The standard InChI is InChI=1S/C16H19FO2S2/c1-21-9-5-3-2-4-8-18-15-11-12-10-13(17)6-7-14(12)19-16(15)20/h6-7,10-11H,2-5,8-9H2,1H3. The van der Waals surface area contributed by atoms with Gasteiger partial charge in [0.2, 0.25) is 4.71 Å². The zero-order chi connectivity index (χ0) is 15.1. The highest BCUT2D eigenvalue weighted by Gasteiger charge is 2.04. The van der Waals surface area contributed by atoms with E-state index in [0.717, 1.165) is 12.8 Å². The van der Waals surface area contributed by atoms with Crippen LogP contribution < -0.4 is 4.74 Å². The van der Waals surface area contributed by atoms with E-state index in [1.165, 1.54) is 30.7 Å². The van der Waals surface area contributed by atoms with Gasteiger partial charge < -0.3 is 9.15 Å². The Balaban J connectivity index is 1.89. The molecule has 2 aromatic rings. The van der Waals surface area contributed by atoms with Crippen molar-refractivity contribution in [3.8, 4) is 5.75 Å². The van der Waals surface area contributed by atoms with Crippen molar-refractivity contribution in [3.05, 3.63) is 34.8 Å². The monoisotopic (exact) mass is 326 g/mol. The molecule has 0 bridgehead atoms.